The molecule has 1 rings (SSSR count). The van der Waals surface area contributed by atoms with Gasteiger partial charge in [-0.25, -0.2) is 4.79 Å². The summed E-state index contributed by atoms with van der Waals surface area (Å²) >= 11 is 0. The number of nitrogens with two attached hydrogens (primary N) is 1. The number of nitrogens with zero attached hydrogens (tertiary/aromatic N) is 1. The van der Waals surface area contributed by atoms with E-state index in [9.17, 15) is 19.5 Å². The highest BCUT2D eigenvalue weighted by Gasteiger charge is 2.52. The minimum Gasteiger partial charge on any atom is -0.480 e. The number of hydrogen-bond donors (Lipinski definition) is 2. The van der Waals surface area contributed by atoms with Gasteiger partial charge in [0.2, 0.25) is 5.91 Å². The quantitative estimate of drug-likeness (QED) is 0.615. The van der Waals surface area contributed by atoms with Gasteiger partial charge < -0.3 is 20.5 Å². The van der Waals surface area contributed by atoms with Crippen molar-refractivity contribution in [2.24, 2.45) is 11.7 Å². The molecule has 1 heterocycles. The Balaban J connectivity index is 3.00. The second-order valence-electron chi connectivity index (χ2n) is 6.65. The molecule has 1 amide bonds. The Hall–Kier alpha value is -1.63. The molecule has 24 heavy (non-hydrogen) atoms. The molecule has 2 atom stereocenters. The first-order chi connectivity index (χ1) is 11.3. The van der Waals surface area contributed by atoms with Gasteiger partial charge in [-0.05, 0) is 12.8 Å². The molecule has 0 saturated carbocycles. The summed E-state index contributed by atoms with van der Waals surface area (Å²) in [5.41, 5.74) is 4.31. The molecule has 1 aliphatic rings. The summed E-state index contributed by atoms with van der Waals surface area (Å²) < 4.78 is 4.75. The summed E-state index contributed by atoms with van der Waals surface area (Å²) in [6.07, 6.45) is 5.16. The molecule has 3 N–H and O–H groups in total. The monoisotopic (exact) mass is 342 g/mol. The number of carbonyl (C=O) groups is 3. The Morgan fingerprint density at radius 3 is 2.21 bits per heavy atom. The minimum absolute atomic E-state index is 0.116. The number of aliphatic carboxylic acids is 1. The predicted octanol–water partition coefficient (Wildman–Crippen LogP) is 1.54. The second kappa shape index (κ2) is 9.01. The van der Waals surface area contributed by atoms with Crippen LogP contribution in [-0.4, -0.2) is 53.1 Å². The van der Waals surface area contributed by atoms with Crippen LogP contribution >= 0.6 is 0 Å². The van der Waals surface area contributed by atoms with Crippen molar-refractivity contribution in [2.75, 3.05) is 13.7 Å². The zero-order valence-corrected chi connectivity index (χ0v) is 14.9. The normalized spacial score (nSPS) is 23.5. The standard InChI is InChI=1S/C17H30N2O5/c1-4-6-8-12(9-7-5-2)14(20)19-11-17(18,16(22)23)10-13(19)15(21)24-3/h12-13H,4-11,18H2,1-3H3,(H,22,23)/t13-,17+/m0/s1. The summed E-state index contributed by atoms with van der Waals surface area (Å²) in [5.74, 6) is -2.19. The van der Waals surface area contributed by atoms with Crippen molar-refractivity contribution in [3.05, 3.63) is 0 Å². The number of carbonyl (C=O) groups excluding carboxylic acids is 2. The first kappa shape index (κ1) is 20.4. The first-order valence-corrected chi connectivity index (χ1v) is 8.71. The minimum atomic E-state index is -1.60. The third kappa shape index (κ3) is 4.69. The van der Waals surface area contributed by atoms with Gasteiger partial charge in [-0.2, -0.15) is 0 Å². The summed E-state index contributed by atoms with van der Waals surface area (Å²) in [4.78, 5) is 37.8. The summed E-state index contributed by atoms with van der Waals surface area (Å²) in [7, 11) is 1.23. The van der Waals surface area contributed by atoms with Gasteiger partial charge in [0.15, 0.2) is 0 Å². The Morgan fingerprint density at radius 1 is 1.25 bits per heavy atom. The molecule has 138 valence electrons. The van der Waals surface area contributed by atoms with E-state index < -0.39 is 23.5 Å². The highest BCUT2D eigenvalue weighted by molar-refractivity contribution is 5.90. The molecule has 0 unspecified atom stereocenters. The lowest BCUT2D eigenvalue weighted by atomic mass is 9.94. The Kier molecular flexibility index (Phi) is 7.66. The number of carboxylic acid groups (broad SMARTS) is 1. The van der Waals surface area contributed by atoms with Crippen molar-refractivity contribution in [3.63, 3.8) is 0 Å². The zero-order chi connectivity index (χ0) is 18.3. The lowest BCUT2D eigenvalue weighted by Crippen LogP contribution is -2.51. The van der Waals surface area contributed by atoms with E-state index >= 15 is 0 Å². The molecule has 0 bridgehead atoms. The van der Waals surface area contributed by atoms with E-state index in [1.165, 1.54) is 12.0 Å². The van der Waals surface area contributed by atoms with Gasteiger partial charge in [-0.3, -0.25) is 9.59 Å². The van der Waals surface area contributed by atoms with E-state index in [1.807, 2.05) is 0 Å². The number of rotatable bonds is 9. The predicted molar refractivity (Wildman–Crippen MR) is 89.2 cm³/mol. The third-order valence-corrected chi connectivity index (χ3v) is 4.73. The molecule has 0 aromatic rings. The molecule has 0 spiro atoms. The maximum Gasteiger partial charge on any atom is 0.328 e. The van der Waals surface area contributed by atoms with Gasteiger partial charge in [0.05, 0.1) is 13.7 Å². The molecule has 7 heteroatoms. The van der Waals surface area contributed by atoms with Crippen LogP contribution in [0.5, 0.6) is 0 Å². The van der Waals surface area contributed by atoms with Crippen molar-refractivity contribution in [1.82, 2.24) is 4.90 Å². The van der Waals surface area contributed by atoms with E-state index in [-0.39, 0.29) is 24.8 Å². The second-order valence-corrected chi connectivity index (χ2v) is 6.65. The van der Waals surface area contributed by atoms with Crippen molar-refractivity contribution < 1.29 is 24.2 Å². The number of hydrogen-bond acceptors (Lipinski definition) is 5. The molecule has 0 aromatic heterocycles. The van der Waals surface area contributed by atoms with Crippen molar-refractivity contribution in [2.45, 2.75) is 70.4 Å². The van der Waals surface area contributed by atoms with Crippen molar-refractivity contribution >= 4 is 17.8 Å². The smallest absolute Gasteiger partial charge is 0.328 e. The number of methoxy groups -OCH3 is 1. The fourth-order valence-electron chi connectivity index (χ4n) is 3.19. The highest BCUT2D eigenvalue weighted by Crippen LogP contribution is 2.30. The Bertz CT molecular complexity index is 460. The highest BCUT2D eigenvalue weighted by atomic mass is 16.5. The molecular formula is C17H30N2O5. The lowest BCUT2D eigenvalue weighted by Gasteiger charge is -2.27. The molecule has 0 radical (unpaired) electrons. The largest absolute Gasteiger partial charge is 0.480 e. The number of carboxylic acids is 1. The van der Waals surface area contributed by atoms with Crippen molar-refractivity contribution in [3.8, 4) is 0 Å². The molecule has 7 nitrogen and oxygen atoms in total. The van der Waals surface area contributed by atoms with Crippen molar-refractivity contribution in [1.29, 1.82) is 0 Å². The zero-order valence-electron chi connectivity index (χ0n) is 14.9. The van der Waals surface area contributed by atoms with Gasteiger partial charge in [0.1, 0.15) is 11.6 Å². The van der Waals surface area contributed by atoms with Crippen LogP contribution in [0.1, 0.15) is 58.8 Å². The van der Waals surface area contributed by atoms with E-state index in [1.54, 1.807) is 0 Å². The van der Waals surface area contributed by atoms with E-state index in [4.69, 9.17) is 10.5 Å². The van der Waals surface area contributed by atoms with Crippen LogP contribution in [-0.2, 0) is 19.1 Å². The van der Waals surface area contributed by atoms with Crippen LogP contribution in [0.15, 0.2) is 0 Å². The number of unbranched alkanes of at least 4 members (excludes halogenated alkanes) is 2. The Labute approximate surface area is 143 Å². The molecule has 1 saturated heterocycles. The number of amides is 1. The van der Waals surface area contributed by atoms with E-state index in [0.29, 0.717) is 0 Å². The van der Waals surface area contributed by atoms with Crippen LogP contribution in [0.4, 0.5) is 0 Å². The molecule has 1 aliphatic heterocycles. The van der Waals surface area contributed by atoms with Crippen LogP contribution in [0.25, 0.3) is 0 Å². The Morgan fingerprint density at radius 2 is 1.79 bits per heavy atom. The van der Waals surface area contributed by atoms with Crippen LogP contribution in [0, 0.1) is 5.92 Å². The number of likely N-dealkylation sites (tertiary alicyclic amines) is 1. The third-order valence-electron chi connectivity index (χ3n) is 4.73. The average molecular weight is 342 g/mol. The van der Waals surface area contributed by atoms with E-state index in [2.05, 4.69) is 13.8 Å². The number of ether oxygens (including phenoxy) is 1. The first-order valence-electron chi connectivity index (χ1n) is 8.71. The fraction of sp³-hybridized carbons (Fsp3) is 0.824. The molecule has 0 aliphatic carbocycles. The molecule has 1 fully saturated rings. The van der Waals surface area contributed by atoms with Gasteiger partial charge in [0.25, 0.3) is 0 Å². The number of esters is 1. The molecular weight excluding hydrogens is 312 g/mol. The van der Waals surface area contributed by atoms with Crippen LogP contribution in [0.2, 0.25) is 0 Å². The van der Waals surface area contributed by atoms with Gasteiger partial charge in [0, 0.05) is 12.3 Å². The van der Waals surface area contributed by atoms with Crippen LogP contribution < -0.4 is 5.73 Å². The lowest BCUT2D eigenvalue weighted by molar-refractivity contribution is -0.152. The van der Waals surface area contributed by atoms with Crippen LogP contribution in [0.3, 0.4) is 0 Å². The summed E-state index contributed by atoms with van der Waals surface area (Å²) in [6.45, 7) is 3.96. The maximum atomic E-state index is 13.0. The topological polar surface area (TPSA) is 110 Å². The van der Waals surface area contributed by atoms with Gasteiger partial charge in [-0.1, -0.05) is 39.5 Å². The van der Waals surface area contributed by atoms with E-state index in [0.717, 1.165) is 38.5 Å². The van der Waals surface area contributed by atoms with Gasteiger partial charge in [-0.15, -0.1) is 0 Å². The maximum absolute atomic E-state index is 13.0. The summed E-state index contributed by atoms with van der Waals surface area (Å²) in [5, 5.41) is 9.35. The summed E-state index contributed by atoms with van der Waals surface area (Å²) in [6, 6.07) is -0.922. The SMILES string of the molecule is CCCCC(CCCC)C(=O)N1C[C@@](N)(C(=O)O)C[C@H]1C(=O)OC. The van der Waals surface area contributed by atoms with Gasteiger partial charge >= 0.3 is 11.9 Å². The molecule has 0 aromatic carbocycles. The average Bonchev–Trinajstić information content (AvgIpc) is 2.93. The fourth-order valence-corrected chi connectivity index (χ4v) is 3.19.